The Bertz CT molecular complexity index is 2130. The lowest BCUT2D eigenvalue weighted by molar-refractivity contribution is -0.142. The Hall–Kier alpha value is -4.47. The number of halogens is 3. The summed E-state index contributed by atoms with van der Waals surface area (Å²) in [6.07, 6.45) is 7.57. The Labute approximate surface area is 318 Å². The van der Waals surface area contributed by atoms with Crippen LogP contribution in [0.3, 0.4) is 0 Å². The lowest BCUT2D eigenvalue weighted by Gasteiger charge is -2.26. The average Bonchev–Trinajstić information content (AvgIpc) is 3.78. The van der Waals surface area contributed by atoms with E-state index in [0.717, 1.165) is 34.5 Å². The monoisotopic (exact) mass is 778 g/mol. The SMILES string of the molecule is O=C1CC[C@@H](CNCc2ncc(-c3cccc(-c4cccc(Nc5nccc6sc(CNC7CCC(C(=O)O)CC7)nc56)c4Cl)c3Cl)nc2OCF)N1. The Morgan fingerprint density at radius 1 is 0.981 bits per heavy atom. The topological polar surface area (TPSA) is 163 Å². The highest BCUT2D eigenvalue weighted by atomic mass is 35.5. The number of hydrogen-bond donors (Lipinski definition) is 5. The fraction of sp³-hybridized carbons (Fsp3) is 0.351. The minimum absolute atomic E-state index is 0.0326. The first-order valence-electron chi connectivity index (χ1n) is 17.4. The molecule has 5 aromatic rings. The molecule has 2 aliphatic rings. The number of carboxylic acid groups (broad SMARTS) is 1. The molecule has 7 rings (SSSR count). The maximum atomic E-state index is 13.4. The number of carbonyl (C=O) groups excluding carboxylic acids is 1. The number of pyridine rings is 1. The van der Waals surface area contributed by atoms with E-state index < -0.39 is 12.8 Å². The van der Waals surface area contributed by atoms with Crippen molar-refractivity contribution in [1.82, 2.24) is 35.9 Å². The molecular formula is C37H37Cl2FN8O4S. The predicted octanol–water partition coefficient (Wildman–Crippen LogP) is 7.27. The molecule has 1 saturated heterocycles. The second-order valence-electron chi connectivity index (χ2n) is 13.0. The lowest BCUT2D eigenvalue weighted by Crippen LogP contribution is -2.35. The summed E-state index contributed by atoms with van der Waals surface area (Å²) in [7, 11) is 0. The molecular weight excluding hydrogens is 742 g/mol. The fourth-order valence-electron chi connectivity index (χ4n) is 6.76. The number of benzene rings is 2. The number of ether oxygens (including phenoxy) is 1. The fourth-order valence-corrected chi connectivity index (χ4v) is 8.27. The molecule has 2 aromatic carbocycles. The van der Waals surface area contributed by atoms with Crippen LogP contribution in [0.25, 0.3) is 32.6 Å². The van der Waals surface area contributed by atoms with Crippen molar-refractivity contribution in [3.05, 3.63) is 75.6 Å². The number of rotatable bonds is 14. The molecule has 4 heterocycles. The molecule has 1 amide bonds. The van der Waals surface area contributed by atoms with Gasteiger partial charge in [0.2, 0.25) is 18.6 Å². The van der Waals surface area contributed by atoms with Gasteiger partial charge in [0.1, 0.15) is 16.2 Å². The highest BCUT2D eigenvalue weighted by Gasteiger charge is 2.26. The molecule has 0 radical (unpaired) electrons. The zero-order chi connectivity index (χ0) is 36.9. The van der Waals surface area contributed by atoms with E-state index in [0.29, 0.717) is 82.0 Å². The first-order valence-corrected chi connectivity index (χ1v) is 18.9. The Morgan fingerprint density at radius 2 is 1.75 bits per heavy atom. The predicted molar refractivity (Wildman–Crippen MR) is 203 cm³/mol. The third kappa shape index (κ3) is 8.52. The van der Waals surface area contributed by atoms with Gasteiger partial charge < -0.3 is 31.1 Å². The number of nitrogens with one attached hydrogen (secondary N) is 4. The number of aliphatic carboxylic acids is 1. The number of nitrogens with zero attached hydrogens (tertiary/aromatic N) is 4. The molecule has 5 N–H and O–H groups in total. The number of anilines is 2. The van der Waals surface area contributed by atoms with Crippen LogP contribution in [0.4, 0.5) is 15.9 Å². The zero-order valence-electron chi connectivity index (χ0n) is 28.5. The molecule has 0 unspecified atom stereocenters. The van der Waals surface area contributed by atoms with Crippen LogP contribution in [0.1, 0.15) is 49.2 Å². The molecule has 0 bridgehead atoms. The normalized spacial score (nSPS) is 18.6. The van der Waals surface area contributed by atoms with Crippen molar-refractivity contribution in [3.63, 3.8) is 0 Å². The van der Waals surface area contributed by atoms with Gasteiger partial charge >= 0.3 is 5.97 Å². The lowest BCUT2D eigenvalue weighted by atomic mass is 9.86. The molecule has 1 atom stereocenters. The average molecular weight is 780 g/mol. The van der Waals surface area contributed by atoms with Gasteiger partial charge in [-0.05, 0) is 44.2 Å². The number of thiazole rings is 1. The maximum absolute atomic E-state index is 13.4. The summed E-state index contributed by atoms with van der Waals surface area (Å²) in [6, 6.07) is 13.3. The summed E-state index contributed by atoms with van der Waals surface area (Å²) >= 11 is 15.6. The Morgan fingerprint density at radius 3 is 2.51 bits per heavy atom. The smallest absolute Gasteiger partial charge is 0.306 e. The van der Waals surface area contributed by atoms with Crippen molar-refractivity contribution in [3.8, 4) is 28.3 Å². The summed E-state index contributed by atoms with van der Waals surface area (Å²) in [5.74, 6) is -0.324. The largest absolute Gasteiger partial charge is 0.481 e. The molecule has 2 fully saturated rings. The molecule has 276 valence electrons. The number of carbonyl (C=O) groups is 2. The van der Waals surface area contributed by atoms with Crippen LogP contribution < -0.4 is 26.0 Å². The zero-order valence-corrected chi connectivity index (χ0v) is 30.8. The van der Waals surface area contributed by atoms with Crippen LogP contribution >= 0.6 is 34.5 Å². The van der Waals surface area contributed by atoms with Crippen molar-refractivity contribution in [2.24, 2.45) is 5.92 Å². The van der Waals surface area contributed by atoms with Crippen LogP contribution in [0.5, 0.6) is 5.88 Å². The van der Waals surface area contributed by atoms with Crippen molar-refractivity contribution in [2.75, 3.05) is 18.7 Å². The van der Waals surface area contributed by atoms with Crippen molar-refractivity contribution in [2.45, 2.75) is 63.7 Å². The minimum atomic E-state index is -1.08. The van der Waals surface area contributed by atoms with Crippen LogP contribution in [0, 0.1) is 5.92 Å². The number of aromatic nitrogens is 4. The van der Waals surface area contributed by atoms with E-state index in [1.807, 2.05) is 36.4 Å². The van der Waals surface area contributed by atoms with Gasteiger partial charge in [-0.25, -0.2) is 19.3 Å². The second kappa shape index (κ2) is 16.7. The molecule has 12 nitrogen and oxygen atoms in total. The van der Waals surface area contributed by atoms with Gasteiger partial charge in [-0.3, -0.25) is 14.6 Å². The highest BCUT2D eigenvalue weighted by molar-refractivity contribution is 7.18. The molecule has 1 aliphatic heterocycles. The van der Waals surface area contributed by atoms with Gasteiger partial charge in [0, 0.05) is 61.0 Å². The van der Waals surface area contributed by atoms with Gasteiger partial charge in [-0.1, -0.05) is 53.5 Å². The van der Waals surface area contributed by atoms with E-state index in [-0.39, 0.29) is 36.3 Å². The van der Waals surface area contributed by atoms with Crippen LogP contribution in [-0.4, -0.2) is 62.4 Å². The number of fused-ring (bicyclic) bond motifs is 1. The molecule has 3 aromatic heterocycles. The highest BCUT2D eigenvalue weighted by Crippen LogP contribution is 2.42. The number of amides is 1. The molecule has 16 heteroatoms. The van der Waals surface area contributed by atoms with E-state index in [9.17, 15) is 19.1 Å². The first kappa shape index (κ1) is 36.9. The van der Waals surface area contributed by atoms with Crippen LogP contribution in [0.2, 0.25) is 10.0 Å². The minimum Gasteiger partial charge on any atom is -0.481 e. The Balaban J connectivity index is 1.07. The number of hydrogen-bond acceptors (Lipinski definition) is 11. The summed E-state index contributed by atoms with van der Waals surface area (Å²) in [6.45, 7) is 0.321. The summed E-state index contributed by atoms with van der Waals surface area (Å²) < 4.78 is 19.6. The molecule has 0 spiro atoms. The summed E-state index contributed by atoms with van der Waals surface area (Å²) in [5.41, 5.74) is 4.05. The van der Waals surface area contributed by atoms with Crippen molar-refractivity contribution < 1.29 is 23.8 Å². The van der Waals surface area contributed by atoms with E-state index >= 15 is 0 Å². The van der Waals surface area contributed by atoms with Crippen LogP contribution in [0.15, 0.2) is 54.9 Å². The van der Waals surface area contributed by atoms with Gasteiger partial charge in [0.05, 0.1) is 38.2 Å². The summed E-state index contributed by atoms with van der Waals surface area (Å²) in [5, 5.41) is 24.1. The standard InChI is InChI=1S/C37H37Cl2FN8O4S/c38-32-23(3-1-5-25(32)27-17-44-28(36(47-27)52-19-40)16-41-15-22-11-12-30(49)45-22)24-4-2-6-26(33(24)39)46-35-34-29(13-14-42-35)53-31(48-34)18-43-21-9-7-20(8-10-21)37(50)51/h1-6,13-14,17,20-22,41,43H,7-12,15-16,18-19H2,(H,42,46)(H,45,49)(H,50,51)/t20?,21?,22-/m0/s1. The quantitative estimate of drug-likeness (QED) is 0.0771. The van der Waals surface area contributed by atoms with Gasteiger partial charge in [0.15, 0.2) is 5.82 Å². The second-order valence-corrected chi connectivity index (χ2v) is 14.9. The number of alkyl halides is 1. The van der Waals surface area contributed by atoms with Crippen molar-refractivity contribution in [1.29, 1.82) is 0 Å². The van der Waals surface area contributed by atoms with E-state index in [2.05, 4.69) is 36.2 Å². The van der Waals surface area contributed by atoms with Gasteiger partial charge in [0.25, 0.3) is 0 Å². The van der Waals surface area contributed by atoms with Gasteiger partial charge in [-0.2, -0.15) is 0 Å². The van der Waals surface area contributed by atoms with E-state index in [1.165, 1.54) is 0 Å². The van der Waals surface area contributed by atoms with Gasteiger partial charge in [-0.15, -0.1) is 11.3 Å². The summed E-state index contributed by atoms with van der Waals surface area (Å²) in [4.78, 5) is 41.3. The number of carboxylic acids is 1. The van der Waals surface area contributed by atoms with Crippen LogP contribution in [-0.2, 0) is 22.7 Å². The Kier molecular flexibility index (Phi) is 11.6. The molecule has 1 aliphatic carbocycles. The van der Waals surface area contributed by atoms with Crippen molar-refractivity contribution >= 4 is 68.1 Å². The first-order chi connectivity index (χ1) is 25.8. The van der Waals surface area contributed by atoms with E-state index in [1.54, 1.807) is 29.8 Å². The van der Waals surface area contributed by atoms with E-state index in [4.69, 9.17) is 32.9 Å². The molecule has 53 heavy (non-hydrogen) atoms. The third-order valence-electron chi connectivity index (χ3n) is 9.56. The molecule has 1 saturated carbocycles. The third-order valence-corrected chi connectivity index (χ3v) is 11.4. The maximum Gasteiger partial charge on any atom is 0.306 e.